The molecule has 2 N–H and O–H groups in total. The molecule has 0 saturated heterocycles. The number of allylic oxidation sites excluding steroid dienone is 2. The van der Waals surface area contributed by atoms with E-state index in [0.717, 1.165) is 18.2 Å². The molecule has 0 aromatic heterocycles. The number of ether oxygens (including phenoxy) is 1. The van der Waals surface area contributed by atoms with Crippen LogP contribution in [0.15, 0.2) is 48.6 Å². The lowest BCUT2D eigenvalue weighted by molar-refractivity contribution is -0.385. The Balaban J connectivity index is 2.03. The number of phenols is 2. The van der Waals surface area contributed by atoms with Gasteiger partial charge in [0.2, 0.25) is 0 Å². The maximum atomic E-state index is 11.9. The van der Waals surface area contributed by atoms with Gasteiger partial charge in [-0.1, -0.05) is 12.1 Å². The van der Waals surface area contributed by atoms with Gasteiger partial charge in [-0.2, -0.15) is 0 Å². The molecular formula is C20H17NO7. The van der Waals surface area contributed by atoms with Gasteiger partial charge in [-0.05, 0) is 48.1 Å². The molecule has 0 fully saturated rings. The second-order valence-electron chi connectivity index (χ2n) is 5.71. The molecule has 8 nitrogen and oxygen atoms in total. The molecule has 0 aliphatic heterocycles. The van der Waals surface area contributed by atoms with E-state index in [-0.39, 0.29) is 28.5 Å². The number of methoxy groups -OCH3 is 1. The number of rotatable bonds is 8. The Morgan fingerprint density at radius 1 is 1.07 bits per heavy atom. The lowest BCUT2D eigenvalue weighted by Gasteiger charge is -2.03. The Hall–Kier alpha value is -3.94. The Labute approximate surface area is 160 Å². The quantitative estimate of drug-likeness (QED) is 0.310. The number of phenolic OH excluding ortho intramolecular Hbond substituents is 2. The van der Waals surface area contributed by atoms with Gasteiger partial charge in [-0.25, -0.2) is 0 Å². The molecule has 0 spiro atoms. The third-order valence-corrected chi connectivity index (χ3v) is 3.67. The van der Waals surface area contributed by atoms with Crippen LogP contribution >= 0.6 is 0 Å². The predicted octanol–water partition coefficient (Wildman–Crippen LogP) is 3.27. The van der Waals surface area contributed by atoms with E-state index in [9.17, 15) is 29.9 Å². The van der Waals surface area contributed by atoms with E-state index in [1.54, 1.807) is 6.07 Å². The van der Waals surface area contributed by atoms with Crippen molar-refractivity contribution >= 4 is 29.4 Å². The average Bonchev–Trinajstić information content (AvgIpc) is 2.65. The highest BCUT2D eigenvalue weighted by Crippen LogP contribution is 2.27. The van der Waals surface area contributed by atoms with Gasteiger partial charge in [0.15, 0.2) is 23.1 Å². The van der Waals surface area contributed by atoms with Crippen molar-refractivity contribution in [1.82, 2.24) is 0 Å². The van der Waals surface area contributed by atoms with Crippen molar-refractivity contribution in [2.24, 2.45) is 0 Å². The first kappa shape index (κ1) is 20.4. The summed E-state index contributed by atoms with van der Waals surface area (Å²) in [6.45, 7) is 0. The van der Waals surface area contributed by atoms with Crippen LogP contribution in [0.4, 0.5) is 5.69 Å². The van der Waals surface area contributed by atoms with Gasteiger partial charge in [0.1, 0.15) is 5.75 Å². The van der Waals surface area contributed by atoms with E-state index < -0.39 is 22.9 Å². The van der Waals surface area contributed by atoms with Crippen molar-refractivity contribution in [2.45, 2.75) is 6.42 Å². The number of nitrogens with zero attached hydrogens (tertiary/aromatic N) is 1. The fourth-order valence-electron chi connectivity index (χ4n) is 2.30. The molecule has 144 valence electrons. The summed E-state index contributed by atoms with van der Waals surface area (Å²) in [5.41, 5.74) is 0.383. The highest BCUT2D eigenvalue weighted by atomic mass is 16.6. The molecule has 0 unspecified atom stereocenters. The third kappa shape index (κ3) is 5.53. The maximum Gasteiger partial charge on any atom is 0.276 e. The van der Waals surface area contributed by atoms with Crippen molar-refractivity contribution < 1.29 is 29.5 Å². The number of aromatic hydroxyl groups is 2. The summed E-state index contributed by atoms with van der Waals surface area (Å²) in [7, 11) is 1.40. The standard InChI is InChI=1S/C20H17NO7/c1-28-20-10-13(3-9-19(20)25)2-5-16(23)12-17(24)6-4-14-11-15(22)7-8-18(14)21(26)27/h2-11,22,25H,12H2,1H3. The molecule has 2 rings (SSSR count). The second kappa shape index (κ2) is 9.13. The van der Waals surface area contributed by atoms with E-state index >= 15 is 0 Å². The van der Waals surface area contributed by atoms with E-state index in [0.29, 0.717) is 5.56 Å². The summed E-state index contributed by atoms with van der Waals surface area (Å²) >= 11 is 0. The molecule has 2 aromatic rings. The third-order valence-electron chi connectivity index (χ3n) is 3.67. The van der Waals surface area contributed by atoms with Crippen molar-refractivity contribution in [3.05, 3.63) is 69.8 Å². The van der Waals surface area contributed by atoms with Crippen molar-refractivity contribution in [2.75, 3.05) is 7.11 Å². The van der Waals surface area contributed by atoms with E-state index in [1.807, 2.05) is 0 Å². The largest absolute Gasteiger partial charge is 0.508 e. The molecule has 0 bridgehead atoms. The molecular weight excluding hydrogens is 366 g/mol. The van der Waals surface area contributed by atoms with Gasteiger partial charge in [0.25, 0.3) is 5.69 Å². The van der Waals surface area contributed by atoms with Crippen LogP contribution in [0.25, 0.3) is 12.2 Å². The van der Waals surface area contributed by atoms with E-state index in [2.05, 4.69) is 0 Å². The Bertz CT molecular complexity index is 977. The van der Waals surface area contributed by atoms with Crippen LogP contribution in [-0.2, 0) is 9.59 Å². The van der Waals surface area contributed by atoms with Crippen LogP contribution in [0, 0.1) is 10.1 Å². The van der Waals surface area contributed by atoms with Crippen LogP contribution in [0.5, 0.6) is 17.2 Å². The van der Waals surface area contributed by atoms with Gasteiger partial charge in [-0.15, -0.1) is 0 Å². The minimum absolute atomic E-state index is 0.0349. The van der Waals surface area contributed by atoms with Gasteiger partial charge in [-0.3, -0.25) is 19.7 Å². The monoisotopic (exact) mass is 383 g/mol. The van der Waals surface area contributed by atoms with Crippen LogP contribution in [0.3, 0.4) is 0 Å². The second-order valence-corrected chi connectivity index (χ2v) is 5.71. The predicted molar refractivity (Wildman–Crippen MR) is 102 cm³/mol. The Kier molecular flexibility index (Phi) is 6.64. The summed E-state index contributed by atoms with van der Waals surface area (Å²) in [4.78, 5) is 34.2. The molecule has 0 heterocycles. The number of nitro benzene ring substituents is 1. The summed E-state index contributed by atoms with van der Waals surface area (Å²) in [5, 5.41) is 29.9. The minimum Gasteiger partial charge on any atom is -0.508 e. The molecule has 0 amide bonds. The summed E-state index contributed by atoms with van der Waals surface area (Å²) in [6.07, 6.45) is 4.50. The average molecular weight is 383 g/mol. The molecule has 0 radical (unpaired) electrons. The van der Waals surface area contributed by atoms with E-state index in [4.69, 9.17) is 4.74 Å². The van der Waals surface area contributed by atoms with Gasteiger partial charge in [0, 0.05) is 6.07 Å². The molecule has 28 heavy (non-hydrogen) atoms. The molecule has 0 atom stereocenters. The zero-order valence-corrected chi connectivity index (χ0v) is 14.9. The normalized spacial score (nSPS) is 11.0. The number of hydrogen-bond donors (Lipinski definition) is 2. The fraction of sp³-hybridized carbons (Fsp3) is 0.100. The number of hydrogen-bond acceptors (Lipinski definition) is 7. The van der Waals surface area contributed by atoms with Crippen LogP contribution in [-0.4, -0.2) is 33.8 Å². The number of carbonyl (C=O) groups is 2. The first-order valence-electron chi connectivity index (χ1n) is 8.06. The van der Waals surface area contributed by atoms with Crippen LogP contribution < -0.4 is 4.74 Å². The smallest absolute Gasteiger partial charge is 0.276 e. The fourth-order valence-corrected chi connectivity index (χ4v) is 2.30. The highest BCUT2D eigenvalue weighted by Gasteiger charge is 2.12. The van der Waals surface area contributed by atoms with E-state index in [1.165, 1.54) is 43.5 Å². The number of carbonyl (C=O) groups excluding carboxylic acids is 2. The SMILES string of the molecule is COc1cc(C=CC(=O)CC(=O)C=Cc2cc(O)ccc2[N+](=O)[O-])ccc1O. The first-order chi connectivity index (χ1) is 13.3. The first-order valence-corrected chi connectivity index (χ1v) is 8.06. The number of nitro groups is 1. The molecule has 2 aromatic carbocycles. The number of ketones is 2. The molecule has 8 heteroatoms. The van der Waals surface area contributed by atoms with Crippen molar-refractivity contribution in [1.29, 1.82) is 0 Å². The lowest BCUT2D eigenvalue weighted by Crippen LogP contribution is -2.02. The summed E-state index contributed by atoms with van der Waals surface area (Å²) < 4.78 is 4.97. The molecule has 0 aliphatic carbocycles. The van der Waals surface area contributed by atoms with Crippen molar-refractivity contribution in [3.63, 3.8) is 0 Å². The highest BCUT2D eigenvalue weighted by molar-refractivity contribution is 6.11. The minimum atomic E-state index is -0.636. The summed E-state index contributed by atoms with van der Waals surface area (Å²) in [6, 6.07) is 7.97. The Morgan fingerprint density at radius 3 is 2.39 bits per heavy atom. The van der Waals surface area contributed by atoms with Crippen molar-refractivity contribution in [3.8, 4) is 17.2 Å². The number of benzene rings is 2. The maximum absolute atomic E-state index is 11.9. The molecule has 0 aliphatic rings. The van der Waals surface area contributed by atoms with Crippen LogP contribution in [0.2, 0.25) is 0 Å². The van der Waals surface area contributed by atoms with Gasteiger partial charge < -0.3 is 14.9 Å². The topological polar surface area (TPSA) is 127 Å². The molecule has 0 saturated carbocycles. The van der Waals surface area contributed by atoms with Gasteiger partial charge in [0.05, 0.1) is 24.0 Å². The van der Waals surface area contributed by atoms with Crippen LogP contribution in [0.1, 0.15) is 17.5 Å². The van der Waals surface area contributed by atoms with Gasteiger partial charge >= 0.3 is 0 Å². The Morgan fingerprint density at radius 2 is 1.75 bits per heavy atom. The lowest BCUT2D eigenvalue weighted by atomic mass is 10.1. The zero-order valence-electron chi connectivity index (χ0n) is 14.9. The summed E-state index contributed by atoms with van der Waals surface area (Å²) in [5.74, 6) is -0.975. The zero-order chi connectivity index (χ0) is 20.7.